The minimum atomic E-state index is -0.527. The fourth-order valence-corrected chi connectivity index (χ4v) is 1.99. The number of ether oxygens (including phenoxy) is 3. The molecule has 0 fully saturated rings. The second-order valence-electron chi connectivity index (χ2n) is 4.68. The van der Waals surface area contributed by atoms with Crippen molar-refractivity contribution in [2.75, 3.05) is 21.3 Å². The molecule has 0 unspecified atom stereocenters. The molecule has 0 aromatic heterocycles. The average molecular weight is 313 g/mol. The molecule has 2 rings (SSSR count). The van der Waals surface area contributed by atoms with E-state index in [0.717, 1.165) is 22.6 Å². The first-order valence-corrected chi connectivity index (χ1v) is 7.01. The lowest BCUT2D eigenvalue weighted by Crippen LogP contribution is -2.21. The number of hydrogen-bond donors (Lipinski definition) is 1. The summed E-state index contributed by atoms with van der Waals surface area (Å²) in [7, 11) is 4.55. The number of methoxy groups -OCH3 is 3. The fraction of sp³-hybridized carbons (Fsp3) is 0.167. The number of hydrogen-bond acceptors (Lipinski definition) is 4. The highest BCUT2D eigenvalue weighted by molar-refractivity contribution is 5.89. The topological polar surface area (TPSA) is 56.8 Å². The van der Waals surface area contributed by atoms with Crippen LogP contribution in [-0.4, -0.2) is 27.4 Å². The van der Waals surface area contributed by atoms with Gasteiger partial charge in [0.15, 0.2) is 0 Å². The molecule has 0 bridgehead atoms. The first-order valence-electron chi connectivity index (χ1n) is 7.01. The molecule has 1 N–H and O–H groups in total. The normalized spacial score (nSPS) is 10.8. The second kappa shape index (κ2) is 7.89. The van der Waals surface area contributed by atoms with Gasteiger partial charge in [-0.25, -0.2) is 4.79 Å². The number of rotatable bonds is 5. The Morgan fingerprint density at radius 1 is 0.870 bits per heavy atom. The van der Waals surface area contributed by atoms with E-state index < -0.39 is 6.09 Å². The molecule has 0 radical (unpaired) electrons. The third-order valence-corrected chi connectivity index (χ3v) is 3.25. The van der Waals surface area contributed by atoms with Crippen LogP contribution in [-0.2, 0) is 4.74 Å². The van der Waals surface area contributed by atoms with Crippen LogP contribution in [0.5, 0.6) is 11.5 Å². The van der Waals surface area contributed by atoms with E-state index in [0.29, 0.717) is 5.70 Å². The maximum absolute atomic E-state index is 11.6. The Morgan fingerprint density at radius 3 is 1.87 bits per heavy atom. The summed E-state index contributed by atoms with van der Waals surface area (Å²) in [5, 5.41) is 2.73. The molecule has 0 saturated carbocycles. The van der Waals surface area contributed by atoms with Crippen molar-refractivity contribution in [1.82, 2.24) is 5.32 Å². The van der Waals surface area contributed by atoms with E-state index in [9.17, 15) is 4.79 Å². The van der Waals surface area contributed by atoms with E-state index in [4.69, 9.17) is 9.47 Å². The molecule has 23 heavy (non-hydrogen) atoms. The Kier molecular flexibility index (Phi) is 5.63. The molecule has 0 aliphatic rings. The summed E-state index contributed by atoms with van der Waals surface area (Å²) < 4.78 is 15.0. The van der Waals surface area contributed by atoms with Gasteiger partial charge in [-0.05, 0) is 53.6 Å². The Bertz CT molecular complexity index is 675. The zero-order valence-corrected chi connectivity index (χ0v) is 13.3. The molecule has 5 heteroatoms. The largest absolute Gasteiger partial charge is 0.497 e. The lowest BCUT2D eigenvalue weighted by Gasteiger charge is -2.10. The van der Waals surface area contributed by atoms with E-state index in [2.05, 4.69) is 10.1 Å². The summed E-state index contributed by atoms with van der Waals surface area (Å²) in [6.45, 7) is 0. The van der Waals surface area contributed by atoms with E-state index in [1.165, 1.54) is 7.11 Å². The van der Waals surface area contributed by atoms with Gasteiger partial charge in [-0.15, -0.1) is 0 Å². The Labute approximate surface area is 135 Å². The SMILES string of the molecule is COC(=O)N/C(=C/c1ccc(OC)cc1)c1ccc(OC)cc1. The number of alkyl carbamates (subject to hydrolysis) is 1. The average Bonchev–Trinajstić information content (AvgIpc) is 2.61. The van der Waals surface area contributed by atoms with Crippen molar-refractivity contribution in [2.45, 2.75) is 0 Å². The van der Waals surface area contributed by atoms with Crippen LogP contribution in [0.3, 0.4) is 0 Å². The van der Waals surface area contributed by atoms with E-state index >= 15 is 0 Å². The first-order chi connectivity index (χ1) is 11.2. The molecule has 0 aliphatic heterocycles. The van der Waals surface area contributed by atoms with Crippen molar-refractivity contribution in [3.8, 4) is 11.5 Å². The molecule has 0 heterocycles. The summed E-state index contributed by atoms with van der Waals surface area (Å²) in [6, 6.07) is 14.9. The van der Waals surface area contributed by atoms with Gasteiger partial charge in [-0.3, -0.25) is 5.32 Å². The van der Waals surface area contributed by atoms with Gasteiger partial charge in [0, 0.05) is 0 Å². The van der Waals surface area contributed by atoms with Gasteiger partial charge in [0.05, 0.1) is 27.0 Å². The van der Waals surface area contributed by atoms with Gasteiger partial charge in [0.2, 0.25) is 0 Å². The second-order valence-corrected chi connectivity index (χ2v) is 4.68. The van der Waals surface area contributed by atoms with Crippen LogP contribution in [0.2, 0.25) is 0 Å². The quantitative estimate of drug-likeness (QED) is 0.858. The summed E-state index contributed by atoms with van der Waals surface area (Å²) >= 11 is 0. The highest BCUT2D eigenvalue weighted by atomic mass is 16.5. The van der Waals surface area contributed by atoms with Crippen LogP contribution in [0.4, 0.5) is 4.79 Å². The van der Waals surface area contributed by atoms with E-state index in [1.54, 1.807) is 14.2 Å². The number of benzene rings is 2. The van der Waals surface area contributed by atoms with E-state index in [-0.39, 0.29) is 0 Å². The number of nitrogens with one attached hydrogen (secondary N) is 1. The molecule has 0 aliphatic carbocycles. The van der Waals surface area contributed by atoms with Crippen molar-refractivity contribution in [3.63, 3.8) is 0 Å². The summed E-state index contributed by atoms with van der Waals surface area (Å²) in [6.07, 6.45) is 1.33. The number of carbonyl (C=O) groups excluding carboxylic acids is 1. The van der Waals surface area contributed by atoms with Gasteiger partial charge in [0.25, 0.3) is 0 Å². The first kappa shape index (κ1) is 16.4. The molecule has 5 nitrogen and oxygen atoms in total. The maximum atomic E-state index is 11.6. The van der Waals surface area contributed by atoms with Crippen LogP contribution in [0.15, 0.2) is 48.5 Å². The monoisotopic (exact) mass is 313 g/mol. The zero-order valence-electron chi connectivity index (χ0n) is 13.3. The van der Waals surface area contributed by atoms with Gasteiger partial charge in [-0.1, -0.05) is 12.1 Å². The van der Waals surface area contributed by atoms with Crippen molar-refractivity contribution in [2.24, 2.45) is 0 Å². The molecular weight excluding hydrogens is 294 g/mol. The smallest absolute Gasteiger partial charge is 0.411 e. The molecule has 0 spiro atoms. The van der Waals surface area contributed by atoms with Crippen molar-refractivity contribution < 1.29 is 19.0 Å². The zero-order chi connectivity index (χ0) is 16.7. The van der Waals surface area contributed by atoms with Crippen LogP contribution >= 0.6 is 0 Å². The van der Waals surface area contributed by atoms with Gasteiger partial charge in [0.1, 0.15) is 11.5 Å². The molecule has 0 atom stereocenters. The van der Waals surface area contributed by atoms with Crippen LogP contribution < -0.4 is 14.8 Å². The van der Waals surface area contributed by atoms with Crippen LogP contribution in [0.1, 0.15) is 11.1 Å². The van der Waals surface area contributed by atoms with Crippen LogP contribution in [0, 0.1) is 0 Å². The minimum Gasteiger partial charge on any atom is -0.497 e. The van der Waals surface area contributed by atoms with Gasteiger partial charge < -0.3 is 14.2 Å². The molecular formula is C18H19NO4. The third kappa shape index (κ3) is 4.51. The van der Waals surface area contributed by atoms with Gasteiger partial charge in [-0.2, -0.15) is 0 Å². The maximum Gasteiger partial charge on any atom is 0.411 e. The lowest BCUT2D eigenvalue weighted by atomic mass is 10.1. The summed E-state index contributed by atoms with van der Waals surface area (Å²) in [5.41, 5.74) is 2.39. The standard InChI is InChI=1S/C18H19NO4/c1-21-15-8-4-13(5-9-15)12-17(19-18(20)23-3)14-6-10-16(22-2)11-7-14/h4-12H,1-3H3,(H,19,20)/b17-12+. The van der Waals surface area contributed by atoms with Crippen molar-refractivity contribution in [1.29, 1.82) is 0 Å². The molecule has 120 valence electrons. The molecule has 0 saturated heterocycles. The van der Waals surface area contributed by atoms with Crippen molar-refractivity contribution in [3.05, 3.63) is 59.7 Å². The number of amides is 1. The van der Waals surface area contributed by atoms with Crippen molar-refractivity contribution >= 4 is 17.9 Å². The Morgan fingerprint density at radius 2 is 1.39 bits per heavy atom. The summed E-state index contributed by atoms with van der Waals surface area (Å²) in [5.74, 6) is 1.52. The van der Waals surface area contributed by atoms with E-state index in [1.807, 2.05) is 54.6 Å². The fourth-order valence-electron chi connectivity index (χ4n) is 1.99. The van der Waals surface area contributed by atoms with Crippen LogP contribution in [0.25, 0.3) is 11.8 Å². The molecule has 2 aromatic carbocycles. The Hall–Kier alpha value is -2.95. The predicted molar refractivity (Wildman–Crippen MR) is 89.4 cm³/mol. The highest BCUT2D eigenvalue weighted by Gasteiger charge is 2.07. The summed E-state index contributed by atoms with van der Waals surface area (Å²) in [4.78, 5) is 11.6. The highest BCUT2D eigenvalue weighted by Crippen LogP contribution is 2.21. The number of carbonyl (C=O) groups is 1. The molecule has 2 aromatic rings. The van der Waals surface area contributed by atoms with Gasteiger partial charge >= 0.3 is 6.09 Å². The Balaban J connectivity index is 2.34. The lowest BCUT2D eigenvalue weighted by molar-refractivity contribution is 0.176. The minimum absolute atomic E-state index is 0.527. The molecule has 1 amide bonds. The third-order valence-electron chi connectivity index (χ3n) is 3.25. The predicted octanol–water partition coefficient (Wildman–Crippen LogP) is 3.56.